The van der Waals surface area contributed by atoms with Crippen LogP contribution in [0.3, 0.4) is 0 Å². The zero-order chi connectivity index (χ0) is 16.2. The van der Waals surface area contributed by atoms with Crippen LogP contribution in [0.5, 0.6) is 0 Å². The van der Waals surface area contributed by atoms with Crippen LogP contribution in [0.25, 0.3) is 0 Å². The molecule has 0 fully saturated rings. The van der Waals surface area contributed by atoms with E-state index >= 15 is 0 Å². The van der Waals surface area contributed by atoms with Gasteiger partial charge in [0.15, 0.2) is 0 Å². The molecule has 0 radical (unpaired) electrons. The summed E-state index contributed by atoms with van der Waals surface area (Å²) in [4.78, 5) is 11.8. The first-order valence-electron chi connectivity index (χ1n) is 7.15. The fraction of sp³-hybridized carbons (Fsp3) is 0.278. The Hall–Kier alpha value is -1.81. The summed E-state index contributed by atoms with van der Waals surface area (Å²) in [6.07, 6.45) is 0.380. The third kappa shape index (κ3) is 5.53. The molecule has 2 aromatic carbocycles. The minimum Gasteiger partial charge on any atom is -0.444 e. The average molecular weight is 362 g/mol. The lowest BCUT2D eigenvalue weighted by molar-refractivity contribution is 0.0636. The van der Waals surface area contributed by atoms with E-state index in [0.717, 1.165) is 22.1 Å². The first-order valence-corrected chi connectivity index (χ1v) is 7.94. The van der Waals surface area contributed by atoms with Crippen molar-refractivity contribution >= 4 is 27.7 Å². The van der Waals surface area contributed by atoms with Crippen molar-refractivity contribution in [3.63, 3.8) is 0 Å². The molecule has 2 aromatic rings. The van der Waals surface area contributed by atoms with E-state index in [1.807, 2.05) is 57.2 Å². The number of carbonyl (C=O) groups is 1. The molecule has 0 unspecified atom stereocenters. The standard InChI is InChI=1S/C18H20BrNO2/c1-18(2,3)22-17(21)20-16-6-4-5-14(12-16)11-13-7-9-15(19)10-8-13/h4-10,12H,11H2,1-3H3,(H,20,21). The Balaban J connectivity index is 2.03. The molecular weight excluding hydrogens is 342 g/mol. The number of halogens is 1. The largest absolute Gasteiger partial charge is 0.444 e. The number of hydrogen-bond acceptors (Lipinski definition) is 2. The van der Waals surface area contributed by atoms with Crippen LogP contribution in [0.2, 0.25) is 0 Å². The van der Waals surface area contributed by atoms with Crippen LogP contribution in [-0.4, -0.2) is 11.7 Å². The predicted octanol–water partition coefficient (Wildman–Crippen LogP) is 5.39. The van der Waals surface area contributed by atoms with Gasteiger partial charge in [-0.1, -0.05) is 40.2 Å². The first-order chi connectivity index (χ1) is 10.3. The maximum absolute atomic E-state index is 11.8. The van der Waals surface area contributed by atoms with Gasteiger partial charge in [-0.15, -0.1) is 0 Å². The molecule has 0 heterocycles. The van der Waals surface area contributed by atoms with E-state index in [1.54, 1.807) is 0 Å². The molecule has 0 atom stereocenters. The quantitative estimate of drug-likeness (QED) is 0.795. The van der Waals surface area contributed by atoms with Crippen LogP contribution in [0.15, 0.2) is 53.0 Å². The number of hydrogen-bond donors (Lipinski definition) is 1. The molecule has 0 aromatic heterocycles. The summed E-state index contributed by atoms with van der Waals surface area (Å²) in [5, 5.41) is 2.77. The highest BCUT2D eigenvalue weighted by Gasteiger charge is 2.16. The Labute approximate surface area is 139 Å². The monoisotopic (exact) mass is 361 g/mol. The number of ether oxygens (including phenoxy) is 1. The molecule has 0 aliphatic rings. The van der Waals surface area contributed by atoms with Gasteiger partial charge in [-0.3, -0.25) is 5.32 Å². The Bertz CT molecular complexity index is 645. The van der Waals surface area contributed by atoms with Gasteiger partial charge in [0.1, 0.15) is 5.60 Å². The molecular formula is C18H20BrNO2. The maximum Gasteiger partial charge on any atom is 0.412 e. The molecule has 1 N–H and O–H groups in total. The molecule has 22 heavy (non-hydrogen) atoms. The molecule has 1 amide bonds. The molecule has 2 rings (SSSR count). The summed E-state index contributed by atoms with van der Waals surface area (Å²) in [6, 6.07) is 16.0. The van der Waals surface area contributed by atoms with Gasteiger partial charge in [0.05, 0.1) is 0 Å². The molecule has 0 bridgehead atoms. The Morgan fingerprint density at radius 1 is 1.09 bits per heavy atom. The van der Waals surface area contributed by atoms with Crippen molar-refractivity contribution in [2.24, 2.45) is 0 Å². The summed E-state index contributed by atoms with van der Waals surface area (Å²) in [7, 11) is 0. The van der Waals surface area contributed by atoms with Gasteiger partial charge in [-0.05, 0) is 62.6 Å². The second kappa shape index (κ2) is 6.97. The van der Waals surface area contributed by atoms with Gasteiger partial charge >= 0.3 is 6.09 Å². The van der Waals surface area contributed by atoms with Gasteiger partial charge in [0.2, 0.25) is 0 Å². The lowest BCUT2D eigenvalue weighted by Gasteiger charge is -2.19. The van der Waals surface area contributed by atoms with Crippen molar-refractivity contribution in [2.45, 2.75) is 32.8 Å². The van der Waals surface area contributed by atoms with Crippen molar-refractivity contribution in [3.8, 4) is 0 Å². The fourth-order valence-corrected chi connectivity index (χ4v) is 2.28. The van der Waals surface area contributed by atoms with E-state index in [9.17, 15) is 4.79 Å². The molecule has 0 saturated heterocycles. The Morgan fingerprint density at radius 3 is 2.41 bits per heavy atom. The van der Waals surface area contributed by atoms with Crippen LogP contribution >= 0.6 is 15.9 Å². The number of anilines is 1. The fourth-order valence-electron chi connectivity index (χ4n) is 2.02. The van der Waals surface area contributed by atoms with E-state index < -0.39 is 11.7 Å². The maximum atomic E-state index is 11.8. The van der Waals surface area contributed by atoms with Gasteiger partial charge in [-0.25, -0.2) is 4.79 Å². The summed E-state index contributed by atoms with van der Waals surface area (Å²) >= 11 is 3.43. The summed E-state index contributed by atoms with van der Waals surface area (Å²) in [5.41, 5.74) is 2.59. The molecule has 0 aliphatic heterocycles. The van der Waals surface area contributed by atoms with E-state index in [4.69, 9.17) is 4.74 Å². The predicted molar refractivity (Wildman–Crippen MR) is 93.2 cm³/mol. The number of benzene rings is 2. The van der Waals surface area contributed by atoms with Crippen molar-refractivity contribution in [1.29, 1.82) is 0 Å². The van der Waals surface area contributed by atoms with Crippen LogP contribution < -0.4 is 5.32 Å². The number of nitrogens with one attached hydrogen (secondary N) is 1. The van der Waals surface area contributed by atoms with E-state index in [-0.39, 0.29) is 0 Å². The first kappa shape index (κ1) is 16.6. The molecule has 0 spiro atoms. The smallest absolute Gasteiger partial charge is 0.412 e. The Morgan fingerprint density at radius 2 is 1.77 bits per heavy atom. The molecule has 0 saturated carbocycles. The topological polar surface area (TPSA) is 38.3 Å². The summed E-state index contributed by atoms with van der Waals surface area (Å²) in [5.74, 6) is 0. The van der Waals surface area contributed by atoms with Crippen LogP contribution in [-0.2, 0) is 11.2 Å². The highest BCUT2D eigenvalue weighted by molar-refractivity contribution is 9.10. The normalized spacial score (nSPS) is 11.1. The lowest BCUT2D eigenvalue weighted by Crippen LogP contribution is -2.27. The highest BCUT2D eigenvalue weighted by atomic mass is 79.9. The zero-order valence-corrected chi connectivity index (χ0v) is 14.6. The number of carbonyl (C=O) groups excluding carboxylic acids is 1. The van der Waals surface area contributed by atoms with Crippen molar-refractivity contribution in [2.75, 3.05) is 5.32 Å². The van der Waals surface area contributed by atoms with Crippen molar-refractivity contribution in [1.82, 2.24) is 0 Å². The van der Waals surface area contributed by atoms with Gasteiger partial charge in [-0.2, -0.15) is 0 Å². The number of amides is 1. The second-order valence-electron chi connectivity index (χ2n) is 6.13. The van der Waals surface area contributed by atoms with E-state index in [2.05, 4.69) is 33.4 Å². The average Bonchev–Trinajstić information content (AvgIpc) is 2.39. The second-order valence-corrected chi connectivity index (χ2v) is 7.05. The minimum absolute atomic E-state index is 0.437. The molecule has 4 heteroatoms. The highest BCUT2D eigenvalue weighted by Crippen LogP contribution is 2.18. The van der Waals surface area contributed by atoms with Crippen LogP contribution in [0.4, 0.5) is 10.5 Å². The molecule has 3 nitrogen and oxygen atoms in total. The SMILES string of the molecule is CC(C)(C)OC(=O)Nc1cccc(Cc2ccc(Br)cc2)c1. The third-order valence-electron chi connectivity index (χ3n) is 2.89. The van der Waals surface area contributed by atoms with Crippen LogP contribution in [0, 0.1) is 0 Å². The molecule has 0 aliphatic carbocycles. The Kier molecular flexibility index (Phi) is 5.24. The molecule has 116 valence electrons. The minimum atomic E-state index is -0.501. The van der Waals surface area contributed by atoms with E-state index in [1.165, 1.54) is 5.56 Å². The third-order valence-corrected chi connectivity index (χ3v) is 3.42. The van der Waals surface area contributed by atoms with Crippen molar-refractivity contribution < 1.29 is 9.53 Å². The zero-order valence-electron chi connectivity index (χ0n) is 13.0. The van der Waals surface area contributed by atoms with E-state index in [0.29, 0.717) is 0 Å². The van der Waals surface area contributed by atoms with Gasteiger partial charge < -0.3 is 4.74 Å². The van der Waals surface area contributed by atoms with Gasteiger partial charge in [0.25, 0.3) is 0 Å². The lowest BCUT2D eigenvalue weighted by atomic mass is 10.0. The summed E-state index contributed by atoms with van der Waals surface area (Å²) < 4.78 is 6.32. The number of rotatable bonds is 3. The van der Waals surface area contributed by atoms with Gasteiger partial charge in [0, 0.05) is 10.2 Å². The van der Waals surface area contributed by atoms with Crippen LogP contribution in [0.1, 0.15) is 31.9 Å². The summed E-state index contributed by atoms with van der Waals surface area (Å²) in [6.45, 7) is 5.53. The van der Waals surface area contributed by atoms with Crippen molar-refractivity contribution in [3.05, 3.63) is 64.1 Å².